The fourth-order valence-electron chi connectivity index (χ4n) is 4.71. The maximum Gasteiger partial charge on any atom is 0.243 e. The van der Waals surface area contributed by atoms with Gasteiger partial charge < -0.3 is 40.8 Å². The van der Waals surface area contributed by atoms with E-state index in [0.29, 0.717) is 29.2 Å². The van der Waals surface area contributed by atoms with Crippen molar-refractivity contribution in [2.45, 2.75) is 57.6 Å². The number of nitrogens with one attached hydrogen (secondary N) is 3. The van der Waals surface area contributed by atoms with Crippen LogP contribution in [0.5, 0.6) is 23.0 Å². The van der Waals surface area contributed by atoms with Crippen molar-refractivity contribution >= 4 is 11.8 Å². The Kier molecular flexibility index (Phi) is 12.8. The van der Waals surface area contributed by atoms with E-state index in [9.17, 15) is 19.8 Å². The van der Waals surface area contributed by atoms with Crippen LogP contribution in [-0.4, -0.2) is 67.6 Å². The van der Waals surface area contributed by atoms with Gasteiger partial charge in [0.05, 0.1) is 27.4 Å². The standard InChI is InChI=1S/C33H44N4O7/c1-20(2)29(32(40)36-19-23-11-12-24(42-3)17-28(23)38)37-33(41)30(31(39)27(34)15-21-9-7-6-8-10-21)35-18-22-13-25(43-4)16-26(14-22)44-5/h6-14,16-17,20,27,29-31,35,38-39H,15,18-19,34H2,1-5H3,(H,36,40)(H,37,41)/t27-,29-,30+,31+/m0/s1. The van der Waals surface area contributed by atoms with E-state index in [-0.39, 0.29) is 24.8 Å². The summed E-state index contributed by atoms with van der Waals surface area (Å²) in [5.41, 5.74) is 8.58. The van der Waals surface area contributed by atoms with E-state index in [0.717, 1.165) is 11.1 Å². The Morgan fingerprint density at radius 2 is 1.43 bits per heavy atom. The number of hydrogen-bond donors (Lipinski definition) is 6. The molecule has 0 bridgehead atoms. The Balaban J connectivity index is 1.78. The number of methoxy groups -OCH3 is 3. The number of amides is 2. The van der Waals surface area contributed by atoms with Crippen molar-refractivity contribution in [3.05, 3.63) is 83.4 Å². The predicted molar refractivity (Wildman–Crippen MR) is 168 cm³/mol. The highest BCUT2D eigenvalue weighted by Crippen LogP contribution is 2.24. The number of aromatic hydroxyl groups is 1. The normalized spacial score (nSPS) is 13.8. The van der Waals surface area contributed by atoms with Crippen LogP contribution in [0.15, 0.2) is 66.7 Å². The number of rotatable bonds is 16. The molecule has 0 aromatic heterocycles. The van der Waals surface area contributed by atoms with Crippen LogP contribution in [0.4, 0.5) is 0 Å². The molecule has 0 saturated heterocycles. The number of hydrogen-bond acceptors (Lipinski definition) is 9. The molecule has 3 aromatic rings. The third-order valence-corrected chi connectivity index (χ3v) is 7.31. The molecule has 3 rings (SSSR count). The number of carbonyl (C=O) groups excluding carboxylic acids is 2. The van der Waals surface area contributed by atoms with E-state index in [1.165, 1.54) is 13.2 Å². The molecule has 0 spiro atoms. The van der Waals surface area contributed by atoms with E-state index in [1.54, 1.807) is 58.4 Å². The Morgan fingerprint density at radius 3 is 2.00 bits per heavy atom. The minimum Gasteiger partial charge on any atom is -0.507 e. The highest BCUT2D eigenvalue weighted by atomic mass is 16.5. The average molecular weight is 609 g/mol. The van der Waals surface area contributed by atoms with Gasteiger partial charge in [0.25, 0.3) is 0 Å². The summed E-state index contributed by atoms with van der Waals surface area (Å²) in [6.45, 7) is 3.82. The molecule has 11 heteroatoms. The monoisotopic (exact) mass is 608 g/mol. The first-order valence-electron chi connectivity index (χ1n) is 14.4. The second-order valence-corrected chi connectivity index (χ2v) is 10.9. The number of phenolic OH excluding ortho intramolecular Hbond substituents is 1. The molecule has 4 atom stereocenters. The summed E-state index contributed by atoms with van der Waals surface area (Å²) in [4.78, 5) is 27.0. The lowest BCUT2D eigenvalue weighted by molar-refractivity contribution is -0.133. The molecular weight excluding hydrogens is 564 g/mol. The van der Waals surface area contributed by atoms with Crippen molar-refractivity contribution < 1.29 is 34.0 Å². The summed E-state index contributed by atoms with van der Waals surface area (Å²) in [5.74, 6) is 0.288. The summed E-state index contributed by atoms with van der Waals surface area (Å²) >= 11 is 0. The van der Waals surface area contributed by atoms with E-state index in [2.05, 4.69) is 16.0 Å². The number of phenols is 1. The maximum absolute atomic E-state index is 13.8. The van der Waals surface area contributed by atoms with Crippen molar-refractivity contribution in [1.29, 1.82) is 0 Å². The molecule has 0 aliphatic heterocycles. The van der Waals surface area contributed by atoms with Crippen LogP contribution in [0.1, 0.15) is 30.5 Å². The first-order chi connectivity index (χ1) is 21.1. The summed E-state index contributed by atoms with van der Waals surface area (Å²) in [5, 5.41) is 30.4. The number of aliphatic hydroxyl groups excluding tert-OH is 1. The third kappa shape index (κ3) is 9.60. The summed E-state index contributed by atoms with van der Waals surface area (Å²) in [6, 6.07) is 16.7. The molecule has 2 amide bonds. The molecule has 238 valence electrons. The van der Waals surface area contributed by atoms with Crippen LogP contribution in [0.3, 0.4) is 0 Å². The number of ether oxygens (including phenoxy) is 3. The summed E-state index contributed by atoms with van der Waals surface area (Å²) < 4.78 is 15.8. The lowest BCUT2D eigenvalue weighted by atomic mass is 9.95. The van der Waals surface area contributed by atoms with Crippen molar-refractivity contribution in [3.8, 4) is 23.0 Å². The number of carbonyl (C=O) groups is 2. The van der Waals surface area contributed by atoms with Gasteiger partial charge in [0.15, 0.2) is 0 Å². The topological polar surface area (TPSA) is 164 Å². The SMILES string of the molecule is COc1cc(CN[C@@H](C(=O)N[C@H](C(=O)NCc2ccc(OC)cc2O)C(C)C)[C@H](O)[C@@H](N)Cc2ccccc2)cc(OC)c1. The van der Waals surface area contributed by atoms with Crippen molar-refractivity contribution in [2.24, 2.45) is 11.7 Å². The van der Waals surface area contributed by atoms with Gasteiger partial charge in [0.2, 0.25) is 11.8 Å². The van der Waals surface area contributed by atoms with Gasteiger partial charge in [-0.1, -0.05) is 44.2 Å². The Hall–Kier alpha value is -4.32. The summed E-state index contributed by atoms with van der Waals surface area (Å²) in [7, 11) is 4.58. The lowest BCUT2D eigenvalue weighted by Crippen LogP contribution is -2.60. The van der Waals surface area contributed by atoms with Crippen LogP contribution in [0.25, 0.3) is 0 Å². The average Bonchev–Trinajstić information content (AvgIpc) is 3.02. The van der Waals surface area contributed by atoms with Gasteiger partial charge in [0.1, 0.15) is 35.1 Å². The number of benzene rings is 3. The Bertz CT molecular complexity index is 1350. The molecule has 0 unspecified atom stereocenters. The molecule has 0 heterocycles. The van der Waals surface area contributed by atoms with Crippen LogP contribution in [0.2, 0.25) is 0 Å². The van der Waals surface area contributed by atoms with E-state index in [4.69, 9.17) is 19.9 Å². The first kappa shape index (κ1) is 34.2. The molecule has 0 fully saturated rings. The largest absolute Gasteiger partial charge is 0.507 e. The van der Waals surface area contributed by atoms with Gasteiger partial charge in [-0.05, 0) is 47.7 Å². The Labute approximate surface area is 258 Å². The minimum atomic E-state index is -1.30. The molecule has 0 radical (unpaired) electrons. The van der Waals surface area contributed by atoms with E-state index in [1.807, 2.05) is 30.3 Å². The van der Waals surface area contributed by atoms with Gasteiger partial charge in [-0.3, -0.25) is 14.9 Å². The first-order valence-corrected chi connectivity index (χ1v) is 14.4. The fourth-order valence-corrected chi connectivity index (χ4v) is 4.71. The zero-order chi connectivity index (χ0) is 32.2. The fraction of sp³-hybridized carbons (Fsp3) is 0.394. The second kappa shape index (κ2) is 16.5. The summed E-state index contributed by atoms with van der Waals surface area (Å²) in [6.07, 6.45) is -0.963. The van der Waals surface area contributed by atoms with Crippen molar-refractivity contribution in [2.75, 3.05) is 21.3 Å². The van der Waals surface area contributed by atoms with Gasteiger partial charge in [-0.15, -0.1) is 0 Å². The quantitative estimate of drug-likeness (QED) is 0.143. The van der Waals surface area contributed by atoms with Crippen molar-refractivity contribution in [1.82, 2.24) is 16.0 Å². The molecule has 0 aliphatic carbocycles. The van der Waals surface area contributed by atoms with Gasteiger partial charge in [-0.2, -0.15) is 0 Å². The maximum atomic E-state index is 13.8. The van der Waals surface area contributed by atoms with Crippen LogP contribution in [0, 0.1) is 5.92 Å². The molecule has 7 N–H and O–H groups in total. The molecule has 11 nitrogen and oxygen atoms in total. The molecule has 44 heavy (non-hydrogen) atoms. The highest BCUT2D eigenvalue weighted by Gasteiger charge is 2.34. The predicted octanol–water partition coefficient (Wildman–Crippen LogP) is 2.26. The minimum absolute atomic E-state index is 0.0243. The third-order valence-electron chi connectivity index (χ3n) is 7.31. The van der Waals surface area contributed by atoms with Crippen LogP contribution in [-0.2, 0) is 29.1 Å². The zero-order valence-electron chi connectivity index (χ0n) is 25.9. The lowest BCUT2D eigenvalue weighted by Gasteiger charge is -2.30. The van der Waals surface area contributed by atoms with Gasteiger partial charge >= 0.3 is 0 Å². The van der Waals surface area contributed by atoms with Gasteiger partial charge in [0, 0.05) is 36.8 Å². The smallest absolute Gasteiger partial charge is 0.243 e. The molecule has 0 saturated carbocycles. The van der Waals surface area contributed by atoms with Crippen molar-refractivity contribution in [3.63, 3.8) is 0 Å². The zero-order valence-corrected chi connectivity index (χ0v) is 25.9. The van der Waals surface area contributed by atoms with Crippen LogP contribution < -0.4 is 35.9 Å². The molecular formula is C33H44N4O7. The van der Waals surface area contributed by atoms with Crippen LogP contribution >= 0.6 is 0 Å². The van der Waals surface area contributed by atoms with Gasteiger partial charge in [-0.25, -0.2) is 0 Å². The number of aliphatic hydroxyl groups is 1. The van der Waals surface area contributed by atoms with E-state index < -0.39 is 36.0 Å². The van der Waals surface area contributed by atoms with E-state index >= 15 is 0 Å². The molecule has 3 aromatic carbocycles. The second-order valence-electron chi connectivity index (χ2n) is 10.9. The highest BCUT2D eigenvalue weighted by molar-refractivity contribution is 5.90. The number of nitrogens with two attached hydrogens (primary N) is 1. The molecule has 0 aliphatic rings. The Morgan fingerprint density at radius 1 is 0.795 bits per heavy atom.